The van der Waals surface area contributed by atoms with Gasteiger partial charge in [-0.3, -0.25) is 4.79 Å². The molecule has 2 heterocycles. The molecule has 2 aliphatic rings. The molecule has 1 amide bonds. The highest BCUT2D eigenvalue weighted by molar-refractivity contribution is 7.93. The first-order chi connectivity index (χ1) is 15.3. The highest BCUT2D eigenvalue weighted by atomic mass is 35.5. The molecule has 0 aliphatic carbocycles. The van der Waals surface area contributed by atoms with E-state index in [2.05, 4.69) is 9.36 Å². The van der Waals surface area contributed by atoms with Crippen LogP contribution < -0.4 is 5.73 Å². The van der Waals surface area contributed by atoms with Crippen molar-refractivity contribution in [3.63, 3.8) is 0 Å². The number of benzene rings is 2. The molecule has 3 unspecified atom stereocenters. The van der Waals surface area contributed by atoms with Gasteiger partial charge in [0.05, 0.1) is 37.5 Å². The molecule has 0 spiro atoms. The van der Waals surface area contributed by atoms with Crippen LogP contribution in [0.1, 0.15) is 26.3 Å². The standard InChI is InChI=1S/C23H26ClFN4O3S/c1-23(2,3)20-19(30)18(22(31)29(20)11-12-5-7-15(25)14(24)9-12)21-27-16-8-6-13(26)10-17(16)33(4,32)28-21/h5-10,18-20,30H,11,26H2,1-4H3/t18?,19?,20-,33?/m1/s1. The number of hydrogen-bond donors (Lipinski definition) is 2. The third-order valence-corrected chi connectivity index (χ3v) is 7.92. The molecule has 0 saturated carbocycles. The Balaban J connectivity index is 1.78. The van der Waals surface area contributed by atoms with Crippen LogP contribution in [0.4, 0.5) is 15.8 Å². The van der Waals surface area contributed by atoms with Gasteiger partial charge in [0.15, 0.2) is 5.84 Å². The maximum absolute atomic E-state index is 13.6. The second-order valence-electron chi connectivity index (χ2n) is 9.58. The predicted molar refractivity (Wildman–Crippen MR) is 127 cm³/mol. The summed E-state index contributed by atoms with van der Waals surface area (Å²) >= 11 is 5.93. The van der Waals surface area contributed by atoms with E-state index in [9.17, 15) is 18.5 Å². The van der Waals surface area contributed by atoms with Crippen molar-refractivity contribution in [2.75, 3.05) is 12.0 Å². The molecule has 2 aromatic carbocycles. The van der Waals surface area contributed by atoms with Crippen molar-refractivity contribution in [2.45, 2.75) is 44.4 Å². The topological polar surface area (TPSA) is 108 Å². The van der Waals surface area contributed by atoms with E-state index in [0.29, 0.717) is 21.8 Å². The van der Waals surface area contributed by atoms with E-state index < -0.39 is 39.0 Å². The number of hydrogen-bond acceptors (Lipinski definition) is 6. The van der Waals surface area contributed by atoms with E-state index in [-0.39, 0.29) is 23.3 Å². The molecule has 1 fully saturated rings. The van der Waals surface area contributed by atoms with E-state index in [0.717, 1.165) is 0 Å². The number of aliphatic hydroxyl groups is 1. The summed E-state index contributed by atoms with van der Waals surface area (Å²) in [7, 11) is -2.91. The number of nitrogen functional groups attached to an aromatic ring is 1. The Hall–Kier alpha value is -2.49. The van der Waals surface area contributed by atoms with Crippen molar-refractivity contribution in [3.05, 3.63) is 52.8 Å². The van der Waals surface area contributed by atoms with Gasteiger partial charge in [0.25, 0.3) is 0 Å². The van der Waals surface area contributed by atoms with Crippen LogP contribution in [-0.2, 0) is 21.1 Å². The lowest BCUT2D eigenvalue weighted by Crippen LogP contribution is -2.46. The quantitative estimate of drug-likeness (QED) is 0.631. The van der Waals surface area contributed by atoms with Crippen LogP contribution in [0.2, 0.25) is 5.02 Å². The van der Waals surface area contributed by atoms with Crippen molar-refractivity contribution >= 4 is 44.4 Å². The Bertz CT molecular complexity index is 1300. The minimum absolute atomic E-state index is 0.0335. The Labute approximate surface area is 197 Å². The fraction of sp³-hybridized carbons (Fsp3) is 0.391. The molecule has 4 rings (SSSR count). The predicted octanol–water partition coefficient (Wildman–Crippen LogP) is 4.00. The highest BCUT2D eigenvalue weighted by Crippen LogP contribution is 2.41. The number of halogens is 2. The molecule has 4 atom stereocenters. The minimum atomic E-state index is -2.91. The van der Waals surface area contributed by atoms with Gasteiger partial charge in [-0.2, -0.15) is 4.36 Å². The summed E-state index contributed by atoms with van der Waals surface area (Å²) in [6, 6.07) is 8.51. The minimum Gasteiger partial charge on any atom is -0.399 e. The number of rotatable bonds is 3. The van der Waals surface area contributed by atoms with Gasteiger partial charge >= 0.3 is 0 Å². The normalized spacial score (nSPS) is 27.2. The summed E-state index contributed by atoms with van der Waals surface area (Å²) in [5.74, 6) is -1.99. The average molecular weight is 493 g/mol. The molecular weight excluding hydrogens is 467 g/mol. The van der Waals surface area contributed by atoms with Crippen LogP contribution in [-0.4, -0.2) is 44.4 Å². The molecule has 33 heavy (non-hydrogen) atoms. The van der Waals surface area contributed by atoms with E-state index in [1.54, 1.807) is 29.2 Å². The Morgan fingerprint density at radius 1 is 1.24 bits per heavy atom. The van der Waals surface area contributed by atoms with Gasteiger partial charge < -0.3 is 15.7 Å². The largest absolute Gasteiger partial charge is 0.399 e. The number of nitrogens with two attached hydrogens (primary N) is 1. The first-order valence-corrected chi connectivity index (χ1v) is 12.7. The van der Waals surface area contributed by atoms with Crippen molar-refractivity contribution in [3.8, 4) is 0 Å². The molecule has 0 aromatic heterocycles. The highest BCUT2D eigenvalue weighted by Gasteiger charge is 2.54. The van der Waals surface area contributed by atoms with Gasteiger partial charge in [0.1, 0.15) is 11.7 Å². The molecule has 0 radical (unpaired) electrons. The zero-order valence-corrected chi connectivity index (χ0v) is 20.3. The third-order valence-electron chi connectivity index (χ3n) is 5.95. The maximum Gasteiger partial charge on any atom is 0.236 e. The zero-order valence-electron chi connectivity index (χ0n) is 18.8. The Morgan fingerprint density at radius 2 is 1.94 bits per heavy atom. The van der Waals surface area contributed by atoms with Gasteiger partial charge in [0.2, 0.25) is 5.91 Å². The van der Waals surface area contributed by atoms with Gasteiger partial charge in [-0.05, 0) is 41.3 Å². The number of anilines is 1. The van der Waals surface area contributed by atoms with Crippen LogP contribution in [0.5, 0.6) is 0 Å². The van der Waals surface area contributed by atoms with Crippen LogP contribution >= 0.6 is 11.6 Å². The van der Waals surface area contributed by atoms with Gasteiger partial charge in [-0.25, -0.2) is 13.6 Å². The number of amides is 1. The number of fused-ring (bicyclic) bond motifs is 1. The average Bonchev–Trinajstić information content (AvgIpc) is 2.94. The summed E-state index contributed by atoms with van der Waals surface area (Å²) in [5.41, 5.74) is 6.81. The zero-order chi connectivity index (χ0) is 24.3. The van der Waals surface area contributed by atoms with Gasteiger partial charge in [-0.1, -0.05) is 38.4 Å². The van der Waals surface area contributed by atoms with Crippen molar-refractivity contribution < 1.29 is 18.5 Å². The number of likely N-dealkylation sites (tertiary alicyclic amines) is 1. The maximum atomic E-state index is 13.6. The monoisotopic (exact) mass is 492 g/mol. The number of carbonyl (C=O) groups is 1. The molecule has 2 aromatic rings. The van der Waals surface area contributed by atoms with Crippen LogP contribution in [0.25, 0.3) is 0 Å². The second kappa shape index (κ2) is 8.07. The lowest BCUT2D eigenvalue weighted by Gasteiger charge is -2.36. The first-order valence-electron chi connectivity index (χ1n) is 10.4. The summed E-state index contributed by atoms with van der Waals surface area (Å²) < 4.78 is 31.3. The summed E-state index contributed by atoms with van der Waals surface area (Å²) in [6.45, 7) is 5.88. The molecular formula is C23H26ClFN4O3S. The number of aliphatic imine (C=N–C) groups is 1. The fourth-order valence-electron chi connectivity index (χ4n) is 4.51. The van der Waals surface area contributed by atoms with E-state index in [1.165, 1.54) is 18.4 Å². The molecule has 0 bridgehead atoms. The number of aliphatic hydroxyl groups excluding tert-OH is 1. The summed E-state index contributed by atoms with van der Waals surface area (Å²) in [4.78, 5) is 20.0. The van der Waals surface area contributed by atoms with E-state index in [4.69, 9.17) is 17.3 Å². The number of amidine groups is 1. The van der Waals surface area contributed by atoms with Gasteiger partial charge in [-0.15, -0.1) is 0 Å². The van der Waals surface area contributed by atoms with E-state index >= 15 is 0 Å². The van der Waals surface area contributed by atoms with Crippen molar-refractivity contribution in [2.24, 2.45) is 20.7 Å². The first kappa shape index (κ1) is 23.7. The van der Waals surface area contributed by atoms with Crippen molar-refractivity contribution in [1.29, 1.82) is 0 Å². The fourth-order valence-corrected chi connectivity index (χ4v) is 6.18. The summed E-state index contributed by atoms with van der Waals surface area (Å²) in [5, 5.41) is 11.3. The molecule has 10 heteroatoms. The third kappa shape index (κ3) is 4.25. The van der Waals surface area contributed by atoms with E-state index in [1.807, 2.05) is 20.8 Å². The van der Waals surface area contributed by atoms with Crippen molar-refractivity contribution in [1.82, 2.24) is 4.90 Å². The Morgan fingerprint density at radius 3 is 2.58 bits per heavy atom. The van der Waals surface area contributed by atoms with Crippen LogP contribution in [0.15, 0.2) is 50.6 Å². The summed E-state index contributed by atoms with van der Waals surface area (Å²) in [6.07, 6.45) is 0.326. The number of nitrogens with zero attached hydrogens (tertiary/aromatic N) is 3. The lowest BCUT2D eigenvalue weighted by atomic mass is 9.81. The van der Waals surface area contributed by atoms with Crippen LogP contribution in [0.3, 0.4) is 0 Å². The molecule has 3 N–H and O–H groups in total. The van der Waals surface area contributed by atoms with Crippen LogP contribution in [0, 0.1) is 17.2 Å². The lowest BCUT2D eigenvalue weighted by molar-refractivity contribution is -0.132. The molecule has 2 aliphatic heterocycles. The van der Waals surface area contributed by atoms with Gasteiger partial charge in [0, 0.05) is 18.5 Å². The number of carbonyl (C=O) groups excluding carboxylic acids is 1. The SMILES string of the molecule is CC(C)(C)[C@H]1C(O)C(C2=Nc3ccc(N)cc3S(C)(=O)=N2)C(=O)N1Cc1ccc(F)c(Cl)c1. The molecule has 176 valence electrons. The smallest absolute Gasteiger partial charge is 0.236 e. The molecule has 1 saturated heterocycles. The molecule has 7 nitrogen and oxygen atoms in total. The Kier molecular flexibility index (Phi) is 5.79. The second-order valence-corrected chi connectivity index (χ2v) is 12.2.